The van der Waals surface area contributed by atoms with E-state index >= 15 is 0 Å². The Hall–Kier alpha value is -3.26. The van der Waals surface area contributed by atoms with E-state index < -0.39 is 23.9 Å². The van der Waals surface area contributed by atoms with Crippen LogP contribution in [0.3, 0.4) is 0 Å². The summed E-state index contributed by atoms with van der Waals surface area (Å²) in [7, 11) is 1.42. The summed E-state index contributed by atoms with van der Waals surface area (Å²) in [5.74, 6) is -1.10. The Bertz CT molecular complexity index is 907. The molecule has 0 radical (unpaired) electrons. The van der Waals surface area contributed by atoms with E-state index in [0.717, 1.165) is 5.56 Å². The first-order valence-corrected chi connectivity index (χ1v) is 10.1. The highest BCUT2D eigenvalue weighted by molar-refractivity contribution is 6.31. The van der Waals surface area contributed by atoms with Crippen molar-refractivity contribution in [2.24, 2.45) is 5.92 Å². The molecule has 0 heterocycles. The SMILES string of the molecule is CC[C@@H](C)[C@@H](NC(=O)OCc1ccccc1)C(=O)NNC(=O)c1cc(Cl)ccc1OC. The van der Waals surface area contributed by atoms with Gasteiger partial charge in [-0.3, -0.25) is 20.4 Å². The number of hydrazine groups is 1. The van der Waals surface area contributed by atoms with Crippen LogP contribution in [0, 0.1) is 5.92 Å². The van der Waals surface area contributed by atoms with Crippen molar-refractivity contribution in [1.82, 2.24) is 16.2 Å². The van der Waals surface area contributed by atoms with E-state index in [-0.39, 0.29) is 18.1 Å². The summed E-state index contributed by atoms with van der Waals surface area (Å²) < 4.78 is 10.3. The number of nitrogens with one attached hydrogen (secondary N) is 3. The Morgan fingerprint density at radius 3 is 2.42 bits per heavy atom. The summed E-state index contributed by atoms with van der Waals surface area (Å²) in [4.78, 5) is 37.3. The molecule has 0 unspecified atom stereocenters. The van der Waals surface area contributed by atoms with Gasteiger partial charge >= 0.3 is 6.09 Å². The molecule has 2 rings (SSSR count). The van der Waals surface area contributed by atoms with Gasteiger partial charge in [-0.25, -0.2) is 4.79 Å². The van der Waals surface area contributed by atoms with Crippen molar-refractivity contribution < 1.29 is 23.9 Å². The third kappa shape index (κ3) is 7.18. The quantitative estimate of drug-likeness (QED) is 0.537. The number of ether oxygens (including phenoxy) is 2. The number of benzene rings is 2. The first kappa shape index (κ1) is 24.0. The molecule has 3 N–H and O–H groups in total. The Morgan fingerprint density at radius 2 is 1.77 bits per heavy atom. The summed E-state index contributed by atoms with van der Waals surface area (Å²) in [6.07, 6.45) is -0.111. The van der Waals surface area contributed by atoms with Crippen LogP contribution in [0.2, 0.25) is 5.02 Å². The van der Waals surface area contributed by atoms with Crippen LogP contribution in [0.1, 0.15) is 36.2 Å². The lowest BCUT2D eigenvalue weighted by atomic mass is 9.99. The van der Waals surface area contributed by atoms with Crippen molar-refractivity contribution in [1.29, 1.82) is 0 Å². The van der Waals surface area contributed by atoms with Crippen LogP contribution in [0.15, 0.2) is 48.5 Å². The minimum Gasteiger partial charge on any atom is -0.496 e. The number of rotatable bonds is 8. The zero-order chi connectivity index (χ0) is 22.8. The van der Waals surface area contributed by atoms with Gasteiger partial charge in [-0.1, -0.05) is 62.2 Å². The van der Waals surface area contributed by atoms with E-state index in [4.69, 9.17) is 21.1 Å². The number of amides is 3. The number of methoxy groups -OCH3 is 1. The van der Waals surface area contributed by atoms with E-state index in [0.29, 0.717) is 17.2 Å². The maximum absolute atomic E-state index is 12.7. The zero-order valence-electron chi connectivity index (χ0n) is 17.6. The van der Waals surface area contributed by atoms with Gasteiger partial charge in [0.25, 0.3) is 11.8 Å². The van der Waals surface area contributed by atoms with Gasteiger partial charge in [-0.2, -0.15) is 0 Å². The van der Waals surface area contributed by atoms with E-state index in [1.165, 1.54) is 13.2 Å². The maximum atomic E-state index is 12.7. The molecule has 0 aliphatic rings. The molecule has 9 heteroatoms. The van der Waals surface area contributed by atoms with Crippen LogP contribution in [0.4, 0.5) is 4.79 Å². The minimum absolute atomic E-state index is 0.0762. The Labute approximate surface area is 186 Å². The second kappa shape index (κ2) is 11.8. The van der Waals surface area contributed by atoms with Crippen molar-refractivity contribution in [2.45, 2.75) is 32.9 Å². The van der Waals surface area contributed by atoms with E-state index in [1.54, 1.807) is 12.1 Å². The van der Waals surface area contributed by atoms with Crippen LogP contribution in [0.5, 0.6) is 5.75 Å². The Kier molecular flexibility index (Phi) is 9.14. The molecule has 2 aromatic carbocycles. The molecular weight excluding hydrogens is 422 g/mol. The fraction of sp³-hybridized carbons (Fsp3) is 0.318. The van der Waals surface area contributed by atoms with E-state index in [9.17, 15) is 14.4 Å². The molecule has 2 atom stereocenters. The lowest BCUT2D eigenvalue weighted by Crippen LogP contribution is -2.54. The molecule has 0 aliphatic carbocycles. The number of alkyl carbamates (subject to hydrolysis) is 1. The van der Waals surface area contributed by atoms with Gasteiger partial charge in [0.2, 0.25) is 0 Å². The molecule has 0 aromatic heterocycles. The topological polar surface area (TPSA) is 106 Å². The molecule has 0 fully saturated rings. The number of hydrogen-bond donors (Lipinski definition) is 3. The lowest BCUT2D eigenvalue weighted by Gasteiger charge is -2.23. The number of halogens is 1. The maximum Gasteiger partial charge on any atom is 0.408 e. The van der Waals surface area contributed by atoms with Gasteiger partial charge in [0.15, 0.2) is 0 Å². The monoisotopic (exact) mass is 447 g/mol. The molecule has 0 saturated carbocycles. The fourth-order valence-electron chi connectivity index (χ4n) is 2.71. The highest BCUT2D eigenvalue weighted by atomic mass is 35.5. The number of carbonyl (C=O) groups excluding carboxylic acids is 3. The highest BCUT2D eigenvalue weighted by Gasteiger charge is 2.27. The molecular formula is C22H26ClN3O5. The van der Waals surface area contributed by atoms with Gasteiger partial charge in [0, 0.05) is 5.02 Å². The van der Waals surface area contributed by atoms with Crippen molar-refractivity contribution in [3.63, 3.8) is 0 Å². The number of carbonyl (C=O) groups is 3. The van der Waals surface area contributed by atoms with Crippen molar-refractivity contribution in [2.75, 3.05) is 7.11 Å². The summed E-state index contributed by atoms with van der Waals surface area (Å²) in [5.41, 5.74) is 5.64. The molecule has 0 bridgehead atoms. The summed E-state index contributed by atoms with van der Waals surface area (Å²) >= 11 is 5.94. The second-order valence-corrected chi connectivity index (χ2v) is 7.29. The van der Waals surface area contributed by atoms with Crippen LogP contribution in [-0.4, -0.2) is 31.1 Å². The van der Waals surface area contributed by atoms with Crippen LogP contribution in [0.25, 0.3) is 0 Å². The van der Waals surface area contributed by atoms with Crippen LogP contribution < -0.4 is 20.9 Å². The van der Waals surface area contributed by atoms with Crippen molar-refractivity contribution in [3.05, 3.63) is 64.7 Å². The molecule has 3 amide bonds. The summed E-state index contributed by atoms with van der Waals surface area (Å²) in [6.45, 7) is 3.77. The standard InChI is InChI=1S/C22H26ClN3O5/c1-4-14(2)19(24-22(29)31-13-15-8-6-5-7-9-15)21(28)26-25-20(27)17-12-16(23)10-11-18(17)30-3/h5-12,14,19H,4,13H2,1-3H3,(H,24,29)(H,25,27)(H,26,28)/t14-,19-/m1/s1. The minimum atomic E-state index is -0.908. The van der Waals surface area contributed by atoms with Gasteiger partial charge in [-0.05, 0) is 29.7 Å². The zero-order valence-corrected chi connectivity index (χ0v) is 18.4. The molecule has 31 heavy (non-hydrogen) atoms. The molecule has 8 nitrogen and oxygen atoms in total. The first-order valence-electron chi connectivity index (χ1n) is 9.76. The van der Waals surface area contributed by atoms with E-state index in [1.807, 2.05) is 44.2 Å². The van der Waals surface area contributed by atoms with Crippen LogP contribution >= 0.6 is 11.6 Å². The number of hydrogen-bond acceptors (Lipinski definition) is 5. The van der Waals surface area contributed by atoms with Gasteiger partial charge in [0.1, 0.15) is 18.4 Å². The molecule has 0 spiro atoms. The van der Waals surface area contributed by atoms with Crippen molar-refractivity contribution in [3.8, 4) is 5.75 Å². The molecule has 0 aliphatic heterocycles. The smallest absolute Gasteiger partial charge is 0.408 e. The Morgan fingerprint density at radius 1 is 1.06 bits per heavy atom. The predicted molar refractivity (Wildman–Crippen MR) is 117 cm³/mol. The van der Waals surface area contributed by atoms with Crippen LogP contribution in [-0.2, 0) is 16.1 Å². The molecule has 2 aromatic rings. The fourth-order valence-corrected chi connectivity index (χ4v) is 2.89. The second-order valence-electron chi connectivity index (χ2n) is 6.86. The predicted octanol–water partition coefficient (Wildman–Crippen LogP) is 3.45. The van der Waals surface area contributed by atoms with Gasteiger partial charge < -0.3 is 14.8 Å². The molecule has 166 valence electrons. The Balaban J connectivity index is 1.97. The van der Waals surface area contributed by atoms with Gasteiger partial charge in [0.05, 0.1) is 12.7 Å². The lowest BCUT2D eigenvalue weighted by molar-refractivity contribution is -0.125. The third-order valence-electron chi connectivity index (χ3n) is 4.69. The molecule has 0 saturated heterocycles. The largest absolute Gasteiger partial charge is 0.496 e. The first-order chi connectivity index (χ1) is 14.8. The summed E-state index contributed by atoms with van der Waals surface area (Å²) in [6, 6.07) is 12.8. The van der Waals surface area contributed by atoms with Crippen molar-refractivity contribution >= 4 is 29.5 Å². The normalized spacial score (nSPS) is 12.3. The third-order valence-corrected chi connectivity index (χ3v) is 4.92. The van der Waals surface area contributed by atoms with E-state index in [2.05, 4.69) is 16.2 Å². The average molecular weight is 448 g/mol. The highest BCUT2D eigenvalue weighted by Crippen LogP contribution is 2.22. The van der Waals surface area contributed by atoms with Gasteiger partial charge in [-0.15, -0.1) is 0 Å². The average Bonchev–Trinajstić information content (AvgIpc) is 2.79. The summed E-state index contributed by atoms with van der Waals surface area (Å²) in [5, 5.41) is 2.91.